The number of amides is 1. The van der Waals surface area contributed by atoms with Crippen LogP contribution in [0.15, 0.2) is 29.4 Å². The van der Waals surface area contributed by atoms with Gasteiger partial charge in [0.2, 0.25) is 6.10 Å². The summed E-state index contributed by atoms with van der Waals surface area (Å²) in [7, 11) is 0. The third-order valence-corrected chi connectivity index (χ3v) is 18.8. The summed E-state index contributed by atoms with van der Waals surface area (Å²) in [6.45, 7) is -0.120. The monoisotopic (exact) mass is 1430 g/mol. The van der Waals surface area contributed by atoms with Gasteiger partial charge in [-0.25, -0.2) is 0 Å². The van der Waals surface area contributed by atoms with Gasteiger partial charge in [0.25, 0.3) is 5.91 Å². The van der Waals surface area contributed by atoms with Crippen molar-refractivity contribution in [1.29, 1.82) is 0 Å². The molecule has 1 aromatic rings. The Morgan fingerprint density at radius 2 is 0.646 bits per heavy atom. The lowest BCUT2D eigenvalue weighted by Gasteiger charge is -2.50. The molecule has 564 valence electrons. The van der Waals surface area contributed by atoms with Crippen molar-refractivity contribution in [1.82, 2.24) is 5.32 Å². The van der Waals surface area contributed by atoms with Gasteiger partial charge in [0.1, 0.15) is 177 Å². The van der Waals surface area contributed by atoms with Crippen LogP contribution < -0.4 is 5.32 Å². The number of nitrogens with zero attached hydrogens (tertiary/aromatic N) is 1. The highest BCUT2D eigenvalue weighted by Crippen LogP contribution is 2.40. The summed E-state index contributed by atoms with van der Waals surface area (Å²) in [4.78, 5) is 33.7. The second-order valence-electron chi connectivity index (χ2n) is 26.3. The minimum Gasteiger partial charge on any atom is -0.465 e. The van der Waals surface area contributed by atoms with Gasteiger partial charge in [-0.2, -0.15) is 0 Å². The normalized spacial score (nSPS) is 47.9. The minimum atomic E-state index is -2.35. The fraction of sp³-hybridized carbons (Fsp3) is 0.847. The van der Waals surface area contributed by atoms with Gasteiger partial charge in [-0.15, -0.1) is 0 Å². The molecule has 0 aliphatic carbocycles. The van der Waals surface area contributed by atoms with E-state index in [1.165, 1.54) is 6.92 Å². The Morgan fingerprint density at radius 1 is 0.394 bits per heavy atom. The maximum Gasteiger partial charge on any atom is 0.319 e. The van der Waals surface area contributed by atoms with E-state index in [0.717, 1.165) is 5.56 Å². The lowest BCUT2D eigenvalue weighted by atomic mass is 9.85. The molecule has 22 aliphatic rings. The molecule has 1 amide bonds. The van der Waals surface area contributed by atoms with E-state index in [0.29, 0.717) is 5.56 Å². The lowest BCUT2D eigenvalue weighted by molar-refractivity contribution is -0.396. The number of nitrogens with one attached hydrogen (secondary N) is 1. The average Bonchev–Trinajstić information content (AvgIpc) is 1.33. The van der Waals surface area contributed by atoms with Crippen LogP contribution in [0, 0.1) is 5.92 Å². The predicted molar refractivity (Wildman–Crippen MR) is 311 cm³/mol. The Balaban J connectivity index is 0.950. The number of oxime groups is 1. The zero-order chi connectivity index (χ0) is 72.0. The van der Waals surface area contributed by atoms with Gasteiger partial charge in [-0.05, 0) is 17.9 Å². The molecule has 0 aromatic heterocycles. The maximum absolute atomic E-state index is 14.4. The van der Waals surface area contributed by atoms with Crippen molar-refractivity contribution >= 4 is 17.6 Å². The SMILES string of the molecule is CCOC(=O)[C@H]1C(c2ccc(C(C)(C)C)cc2)=NO[C@@H]1C(=O)NC[C@@H]1O[C@@H]2O[C@H]3[C@@H](O)[C@H](O)[C@@H](O[C@H]4[C@H](O)[C@H](O)[C@@H](O[C@H]5[C@H](O)[C@@H](O)[C@@H](O[C@H]6[C@H](O)[C@@H](O)[C@@H](O[C@H]7[C@H](O)[C@@H](O)[C@@H](O[C@H]8[C@H](O)[C@@H](O)[C@@H](O[C@H]1[C@H](O)[C@H]2O)O[C@H]8CO)O[C@H]7CO)O[C@H]6CO)O[C@@H]5CO)O[C@@H]4CO)O[C@@H]3CO. The summed E-state index contributed by atoms with van der Waals surface area (Å²) < 4.78 is 86.9. The number of aliphatic hydroxyl groups is 20. The molecule has 22 heterocycles. The van der Waals surface area contributed by atoms with Crippen LogP contribution in [0.4, 0.5) is 0 Å². The van der Waals surface area contributed by atoms with Gasteiger partial charge >= 0.3 is 5.97 Å². The number of aliphatic hydroxyl groups excluding tert-OH is 20. The molecule has 0 unspecified atom stereocenters. The number of hydrogen-bond acceptors (Lipinski definition) is 39. The first-order valence-electron chi connectivity index (χ1n) is 32.2. The van der Waals surface area contributed by atoms with Crippen molar-refractivity contribution in [2.24, 2.45) is 11.1 Å². The van der Waals surface area contributed by atoms with Crippen LogP contribution in [-0.2, 0) is 90.9 Å². The highest BCUT2D eigenvalue weighted by molar-refractivity contribution is 6.15. The number of carbonyl (C=O) groups is 2. The molecule has 21 fully saturated rings. The third kappa shape index (κ3) is 15.8. The molecule has 1 aromatic carbocycles. The molecular weight excluding hydrogens is 1340 g/mol. The average molecular weight is 1440 g/mol. The molecule has 0 saturated carbocycles. The molecule has 21 N–H and O–H groups in total. The third-order valence-electron chi connectivity index (χ3n) is 18.8. The van der Waals surface area contributed by atoms with Gasteiger partial charge in [0.05, 0.1) is 46.2 Å². The number of benzene rings is 1. The number of rotatable bonds is 12. The summed E-state index contributed by atoms with van der Waals surface area (Å²) in [5.74, 6) is -3.51. The topological polar surface area (TPSA) is 611 Å². The maximum atomic E-state index is 14.4. The van der Waals surface area contributed by atoms with Gasteiger partial charge in [-0.3, -0.25) is 9.59 Å². The van der Waals surface area contributed by atoms with Crippen LogP contribution in [0.2, 0.25) is 0 Å². The Hall–Kier alpha value is -3.73. The van der Waals surface area contributed by atoms with Crippen molar-refractivity contribution in [2.45, 2.75) is 254 Å². The lowest BCUT2D eigenvalue weighted by Crippen LogP contribution is -2.68. The summed E-state index contributed by atoms with van der Waals surface area (Å²) in [5.41, 5.74) is 1.02. The molecule has 0 spiro atoms. The second kappa shape index (κ2) is 32.7. The zero-order valence-corrected chi connectivity index (χ0v) is 53.6. The Morgan fingerprint density at radius 3 is 0.889 bits per heavy atom. The standard InChI is InChI=1S/C59H90N2O38/c1-5-84-51(83)26-27(17-6-8-18(9-7-17)59(2,3)4)61-99-49(26)50(82)60-10-19-42-28(68)35(75)52(85-19)93-43-20(11-62)87-54(37(77)30(43)70)95-45-22(13-64)89-56(39(79)32(45)72)97-47-24(15-66)91-58(41(81)34(47)74)98-48-25(16-67)90-57(40(80)33(48)73)96-46-23(14-65)88-55(38(78)31(46)71)94-44-21(12-63)86-53(92-42)36(76)29(44)69/h6-9,19-26,28-49,52-58,62-81H,5,10-16H2,1-4H3,(H,60,82)/t19-,20+,21-,22+,23-,24+,25-,26-,28+,29+,30-,31+,32+,33+,34+,35+,36+,37-,38+,39-,40+,41+,42+,43+,44+,45+,46+,47+,48+,49-,52+,53+,54+,55+,56+,57+,58+/m0/s1. The molecule has 0 radical (unpaired) electrons. The molecule has 40 nitrogen and oxygen atoms in total. The van der Waals surface area contributed by atoms with E-state index in [-0.39, 0.29) is 17.7 Å². The molecule has 14 bridgehead atoms. The first kappa shape index (κ1) is 77.9. The predicted octanol–water partition coefficient (Wildman–Crippen LogP) is -12.8. The Bertz CT molecular complexity index is 2800. The summed E-state index contributed by atoms with van der Waals surface area (Å²) in [6, 6.07) is 6.92. The van der Waals surface area contributed by atoms with Gasteiger partial charge in [0, 0.05) is 12.1 Å². The molecule has 22 aliphatic heterocycles. The Labute approximate surface area is 562 Å². The van der Waals surface area contributed by atoms with Crippen LogP contribution in [0.3, 0.4) is 0 Å². The number of carbonyl (C=O) groups excluding carboxylic acids is 2. The van der Waals surface area contributed by atoms with Crippen molar-refractivity contribution < 1.29 is 188 Å². The summed E-state index contributed by atoms with van der Waals surface area (Å²) in [6.07, 6.45) is -74.9. The van der Waals surface area contributed by atoms with E-state index in [4.69, 9.17) is 75.9 Å². The van der Waals surface area contributed by atoms with Crippen LogP contribution in [0.1, 0.15) is 38.8 Å². The van der Waals surface area contributed by atoms with E-state index < -0.39 is 285 Å². The smallest absolute Gasteiger partial charge is 0.319 e. The quantitative estimate of drug-likeness (QED) is 0.0864. The van der Waals surface area contributed by atoms with Crippen LogP contribution in [-0.4, -0.2) is 394 Å². The van der Waals surface area contributed by atoms with Crippen LogP contribution >= 0.6 is 0 Å². The van der Waals surface area contributed by atoms with Crippen molar-refractivity contribution in [3.63, 3.8) is 0 Å². The van der Waals surface area contributed by atoms with Crippen LogP contribution in [0.25, 0.3) is 0 Å². The van der Waals surface area contributed by atoms with E-state index >= 15 is 0 Å². The van der Waals surface area contributed by atoms with Crippen LogP contribution in [0.5, 0.6) is 0 Å². The second-order valence-corrected chi connectivity index (χ2v) is 26.3. The van der Waals surface area contributed by atoms with E-state index in [2.05, 4.69) is 10.5 Å². The highest BCUT2D eigenvalue weighted by Gasteiger charge is 2.60. The molecular formula is C59H90N2O38. The van der Waals surface area contributed by atoms with E-state index in [9.17, 15) is 112 Å². The zero-order valence-electron chi connectivity index (χ0n) is 53.6. The molecule has 40 heteroatoms. The number of hydrogen-bond donors (Lipinski definition) is 21. The first-order valence-corrected chi connectivity index (χ1v) is 32.2. The molecule has 21 saturated heterocycles. The van der Waals surface area contributed by atoms with Gasteiger partial charge < -0.3 is 183 Å². The summed E-state index contributed by atoms with van der Waals surface area (Å²) >= 11 is 0. The van der Waals surface area contributed by atoms with E-state index in [1.807, 2.05) is 20.8 Å². The van der Waals surface area contributed by atoms with E-state index in [1.54, 1.807) is 24.3 Å². The molecule has 23 rings (SSSR count). The van der Waals surface area contributed by atoms with Crippen molar-refractivity contribution in [2.75, 3.05) is 52.8 Å². The largest absolute Gasteiger partial charge is 0.465 e. The minimum absolute atomic E-state index is 0.00354. The molecule has 99 heavy (non-hydrogen) atoms. The van der Waals surface area contributed by atoms with Crippen molar-refractivity contribution in [3.8, 4) is 0 Å². The highest BCUT2D eigenvalue weighted by atomic mass is 16.8. The fourth-order valence-corrected chi connectivity index (χ4v) is 13.1. The summed E-state index contributed by atoms with van der Waals surface area (Å²) in [5, 5.41) is 232. The Kier molecular flexibility index (Phi) is 25.8. The molecule has 37 atom stereocenters. The van der Waals surface area contributed by atoms with Crippen molar-refractivity contribution in [3.05, 3.63) is 35.4 Å². The first-order chi connectivity index (χ1) is 47.0. The fourth-order valence-electron chi connectivity index (χ4n) is 13.1. The van der Waals surface area contributed by atoms with Gasteiger partial charge in [0.15, 0.2) is 49.9 Å². The number of esters is 1. The van der Waals surface area contributed by atoms with Gasteiger partial charge in [-0.1, -0.05) is 50.2 Å². The number of ether oxygens (including phenoxy) is 15.